The van der Waals surface area contributed by atoms with Gasteiger partial charge in [0.05, 0.1) is 11.8 Å². The molecule has 5 rings (SSSR count). The number of hydrogen-bond acceptors (Lipinski definition) is 8. The van der Waals surface area contributed by atoms with Gasteiger partial charge in [0.1, 0.15) is 22.7 Å². The molecule has 15 heteroatoms. The van der Waals surface area contributed by atoms with E-state index in [2.05, 4.69) is 26.8 Å². The predicted molar refractivity (Wildman–Crippen MR) is 142 cm³/mol. The lowest BCUT2D eigenvalue weighted by Gasteiger charge is -2.34. The summed E-state index contributed by atoms with van der Waals surface area (Å²) in [6.45, 7) is 8.42. The van der Waals surface area contributed by atoms with Crippen molar-refractivity contribution in [3.05, 3.63) is 42.4 Å². The normalized spacial score (nSPS) is 19.8. The molecule has 0 radical (unpaired) electrons. The molecule has 0 unspecified atom stereocenters. The second-order valence-electron chi connectivity index (χ2n) is 11.4. The summed E-state index contributed by atoms with van der Waals surface area (Å²) in [5, 5.41) is 8.20. The Balaban J connectivity index is 1.44. The molecule has 4 heterocycles. The summed E-state index contributed by atoms with van der Waals surface area (Å²) in [5.74, 6) is -0.0146. The maximum atomic E-state index is 13.4. The molecule has 1 amide bonds. The number of carbonyl (C=O) groups excluding carboxylic acids is 1. The van der Waals surface area contributed by atoms with Crippen molar-refractivity contribution in [2.75, 3.05) is 18.1 Å². The Morgan fingerprint density at radius 1 is 1.22 bits per heavy atom. The fraction of sp³-hybridized carbons (Fsp3) is 0.538. The number of alkyl halides is 3. The van der Waals surface area contributed by atoms with Crippen LogP contribution < -0.4 is 14.4 Å². The maximum absolute atomic E-state index is 13.4. The van der Waals surface area contributed by atoms with Gasteiger partial charge < -0.3 is 9.64 Å². The minimum absolute atomic E-state index is 0.0135. The first kappa shape index (κ1) is 28.9. The van der Waals surface area contributed by atoms with E-state index in [0.717, 1.165) is 6.42 Å². The lowest BCUT2D eigenvalue weighted by atomic mass is 9.97. The lowest BCUT2D eigenvalue weighted by Crippen LogP contribution is -2.41. The number of aryl methyl sites for hydroxylation is 1. The third-order valence-electron chi connectivity index (χ3n) is 7.66. The fourth-order valence-corrected chi connectivity index (χ4v) is 6.10. The van der Waals surface area contributed by atoms with E-state index >= 15 is 0 Å². The first-order valence-corrected chi connectivity index (χ1v) is 14.8. The average molecular weight is 596 g/mol. The van der Waals surface area contributed by atoms with Crippen molar-refractivity contribution in [2.45, 2.75) is 70.1 Å². The summed E-state index contributed by atoms with van der Waals surface area (Å²) in [6.07, 6.45) is 0.520. The molecule has 1 saturated carbocycles. The molecule has 0 aromatic carbocycles. The first-order valence-electron chi connectivity index (χ1n) is 13.3. The Labute approximate surface area is 235 Å². The van der Waals surface area contributed by atoms with Crippen LogP contribution in [0.1, 0.15) is 57.3 Å². The molecule has 1 aliphatic heterocycles. The Bertz CT molecular complexity index is 1560. The SMILES string of the molecule is CCn1cc(S(=O)(=O)NC(=O)c2ccc(-n3ccc(OCC4(C(F)(F)F)CC4)n3)nc2N2C[C@@H](C)CC2(C)C)cn1. The monoisotopic (exact) mass is 595 g/mol. The number of hydrogen-bond donors (Lipinski definition) is 1. The largest absolute Gasteiger partial charge is 0.476 e. The molecule has 1 saturated heterocycles. The topological polar surface area (TPSA) is 124 Å². The van der Waals surface area contributed by atoms with Crippen molar-refractivity contribution in [1.29, 1.82) is 0 Å². The van der Waals surface area contributed by atoms with Gasteiger partial charge in [-0.1, -0.05) is 6.92 Å². The molecule has 222 valence electrons. The van der Waals surface area contributed by atoms with E-state index in [1.165, 1.54) is 46.2 Å². The Morgan fingerprint density at radius 3 is 2.54 bits per heavy atom. The number of carbonyl (C=O) groups is 1. The van der Waals surface area contributed by atoms with Gasteiger partial charge in [-0.3, -0.25) is 9.48 Å². The van der Waals surface area contributed by atoms with Crippen LogP contribution in [0.4, 0.5) is 19.0 Å². The van der Waals surface area contributed by atoms with Crippen molar-refractivity contribution < 1.29 is 31.1 Å². The summed E-state index contributed by atoms with van der Waals surface area (Å²) in [6, 6.07) is 4.39. The number of halogens is 3. The van der Waals surface area contributed by atoms with Gasteiger partial charge in [-0.2, -0.15) is 18.3 Å². The zero-order valence-corrected chi connectivity index (χ0v) is 24.0. The standard InChI is InChI=1S/C26H32F3N7O4S/c1-5-34-15-18(13-30-34)41(38,39)33-23(37)19-6-7-20(31-22(19)35-14-17(2)12-24(35,3)4)36-11-8-21(32-36)40-16-25(9-10-25)26(27,28)29/h6-8,11,13,15,17H,5,9-10,12,14,16H2,1-4H3,(H,33,37)/t17-/m0/s1. The quantitative estimate of drug-likeness (QED) is 0.395. The van der Waals surface area contributed by atoms with Crippen LogP contribution >= 0.6 is 0 Å². The molecule has 0 spiro atoms. The van der Waals surface area contributed by atoms with Crippen LogP contribution in [0, 0.1) is 11.3 Å². The summed E-state index contributed by atoms with van der Waals surface area (Å²) in [7, 11) is -4.20. The number of anilines is 1. The first-order chi connectivity index (χ1) is 19.1. The average Bonchev–Trinajstić information content (AvgIpc) is 3.22. The highest BCUT2D eigenvalue weighted by Crippen LogP contribution is 2.57. The third-order valence-corrected chi connectivity index (χ3v) is 8.94. The van der Waals surface area contributed by atoms with Gasteiger partial charge in [-0.15, -0.1) is 5.10 Å². The number of nitrogens with zero attached hydrogens (tertiary/aromatic N) is 6. The molecule has 0 bridgehead atoms. The van der Waals surface area contributed by atoms with E-state index in [1.807, 2.05) is 18.7 Å². The second-order valence-corrected chi connectivity index (χ2v) is 13.1. The summed E-state index contributed by atoms with van der Waals surface area (Å²) in [5.41, 5.74) is -2.17. The highest BCUT2D eigenvalue weighted by Gasteiger charge is 2.64. The molecule has 1 atom stereocenters. The number of rotatable bonds is 9. The van der Waals surface area contributed by atoms with Crippen LogP contribution in [-0.4, -0.2) is 63.7 Å². The predicted octanol–water partition coefficient (Wildman–Crippen LogP) is 3.95. The molecule has 41 heavy (non-hydrogen) atoms. The van der Waals surface area contributed by atoms with Gasteiger partial charge in [-0.25, -0.2) is 22.8 Å². The van der Waals surface area contributed by atoms with Crippen molar-refractivity contribution in [1.82, 2.24) is 29.3 Å². The van der Waals surface area contributed by atoms with Gasteiger partial charge >= 0.3 is 6.18 Å². The van der Waals surface area contributed by atoms with E-state index in [1.54, 1.807) is 6.92 Å². The number of amides is 1. The molecule has 3 aromatic rings. The van der Waals surface area contributed by atoms with E-state index < -0.39 is 39.7 Å². The lowest BCUT2D eigenvalue weighted by molar-refractivity contribution is -0.194. The van der Waals surface area contributed by atoms with Crippen molar-refractivity contribution >= 4 is 21.7 Å². The molecule has 2 fully saturated rings. The minimum Gasteiger partial charge on any atom is -0.476 e. The zero-order valence-electron chi connectivity index (χ0n) is 23.1. The van der Waals surface area contributed by atoms with Crippen LogP contribution in [-0.2, 0) is 16.6 Å². The minimum atomic E-state index is -4.34. The second kappa shape index (κ2) is 10.0. The van der Waals surface area contributed by atoms with Gasteiger partial charge in [0, 0.05) is 37.1 Å². The van der Waals surface area contributed by atoms with E-state index in [9.17, 15) is 26.4 Å². The summed E-state index contributed by atoms with van der Waals surface area (Å²) >= 11 is 0. The molecule has 1 N–H and O–H groups in total. The molecule has 1 aliphatic carbocycles. The van der Waals surface area contributed by atoms with Crippen LogP contribution in [0.5, 0.6) is 5.88 Å². The number of aromatic nitrogens is 5. The maximum Gasteiger partial charge on any atom is 0.397 e. The van der Waals surface area contributed by atoms with Crippen LogP contribution in [0.25, 0.3) is 5.82 Å². The Morgan fingerprint density at radius 2 is 1.95 bits per heavy atom. The highest BCUT2D eigenvalue weighted by molar-refractivity contribution is 7.90. The fourth-order valence-electron chi connectivity index (χ4n) is 5.19. The smallest absolute Gasteiger partial charge is 0.397 e. The molecule has 11 nitrogen and oxygen atoms in total. The van der Waals surface area contributed by atoms with E-state index in [0.29, 0.717) is 13.1 Å². The number of ether oxygens (including phenoxy) is 1. The van der Waals surface area contributed by atoms with Gasteiger partial charge in [-0.05, 0) is 58.1 Å². The summed E-state index contributed by atoms with van der Waals surface area (Å²) in [4.78, 5) is 19.9. The van der Waals surface area contributed by atoms with Crippen LogP contribution in [0.3, 0.4) is 0 Å². The highest BCUT2D eigenvalue weighted by atomic mass is 32.2. The van der Waals surface area contributed by atoms with Crippen LogP contribution in [0.2, 0.25) is 0 Å². The Kier molecular flexibility index (Phi) is 7.07. The van der Waals surface area contributed by atoms with Crippen LogP contribution in [0.15, 0.2) is 41.7 Å². The third kappa shape index (κ3) is 5.63. The summed E-state index contributed by atoms with van der Waals surface area (Å²) < 4.78 is 76.0. The van der Waals surface area contributed by atoms with Crippen molar-refractivity contribution in [3.63, 3.8) is 0 Å². The van der Waals surface area contributed by atoms with Crippen molar-refractivity contribution in [3.8, 4) is 11.7 Å². The molecule has 2 aliphatic rings. The number of nitrogens with one attached hydrogen (secondary N) is 1. The molecule has 3 aromatic heterocycles. The number of pyridine rings is 1. The van der Waals surface area contributed by atoms with Crippen molar-refractivity contribution in [2.24, 2.45) is 11.3 Å². The zero-order chi connectivity index (χ0) is 29.8. The van der Waals surface area contributed by atoms with Gasteiger partial charge in [0.25, 0.3) is 15.9 Å². The molecular weight excluding hydrogens is 563 g/mol. The van der Waals surface area contributed by atoms with E-state index in [4.69, 9.17) is 4.74 Å². The Hall–Kier alpha value is -3.62. The van der Waals surface area contributed by atoms with Gasteiger partial charge in [0.2, 0.25) is 5.88 Å². The molecular formula is C26H32F3N7O4S. The van der Waals surface area contributed by atoms with E-state index in [-0.39, 0.29) is 46.7 Å². The number of sulfonamides is 1. The van der Waals surface area contributed by atoms with Gasteiger partial charge in [0.15, 0.2) is 5.82 Å².